The van der Waals surface area contributed by atoms with Crippen LogP contribution >= 0.6 is 0 Å². The Morgan fingerprint density at radius 2 is 1.62 bits per heavy atom. The molecule has 1 atom stereocenters. The second kappa shape index (κ2) is 7.40. The molecule has 0 aromatic heterocycles. The van der Waals surface area contributed by atoms with Gasteiger partial charge in [0.25, 0.3) is 0 Å². The van der Waals surface area contributed by atoms with Crippen molar-refractivity contribution in [1.82, 2.24) is 0 Å². The molecule has 1 unspecified atom stereocenters. The van der Waals surface area contributed by atoms with Crippen LogP contribution in [-0.4, -0.2) is 23.0 Å². The van der Waals surface area contributed by atoms with Crippen molar-refractivity contribution in [3.8, 4) is 0 Å². The summed E-state index contributed by atoms with van der Waals surface area (Å²) >= 11 is 0. The molecule has 0 aliphatic heterocycles. The molecule has 0 amide bonds. The highest BCUT2D eigenvalue weighted by molar-refractivity contribution is 6.94. The highest BCUT2D eigenvalue weighted by Gasteiger charge is 2.52. The zero-order valence-corrected chi connectivity index (χ0v) is 20.6. The average molecular weight is 389 g/mol. The van der Waals surface area contributed by atoms with Crippen LogP contribution in [0.3, 0.4) is 0 Å². The predicted octanol–water partition coefficient (Wildman–Crippen LogP) is 6.53. The van der Waals surface area contributed by atoms with Gasteiger partial charge in [0, 0.05) is 6.61 Å². The van der Waals surface area contributed by atoms with E-state index in [9.17, 15) is 0 Å². The molecule has 1 aliphatic carbocycles. The van der Waals surface area contributed by atoms with Gasteiger partial charge in [0.2, 0.25) is 0 Å². The lowest BCUT2D eigenvalue weighted by Gasteiger charge is -2.36. The third-order valence-corrected chi connectivity index (χ3v) is 14.2. The van der Waals surface area contributed by atoms with Crippen LogP contribution in [0.4, 0.5) is 0 Å². The molecule has 0 saturated heterocycles. The minimum Gasteiger partial charge on any atom is -0.417 e. The summed E-state index contributed by atoms with van der Waals surface area (Å²) in [4.78, 5) is 0. The van der Waals surface area contributed by atoms with Gasteiger partial charge in [0.1, 0.15) is 8.07 Å². The third kappa shape index (κ3) is 4.79. The molecule has 0 N–H and O–H groups in total. The Labute approximate surface area is 164 Å². The number of hydrogen-bond donors (Lipinski definition) is 0. The quantitative estimate of drug-likeness (QED) is 0.381. The first-order valence-electron chi connectivity index (χ1n) is 10.2. The summed E-state index contributed by atoms with van der Waals surface area (Å²) in [6.07, 6.45) is 2.46. The fraction of sp³-hybridized carbons (Fsp3) is 0.652. The summed E-state index contributed by atoms with van der Waals surface area (Å²) in [7, 11) is -3.10. The Balaban J connectivity index is 1.94. The minimum absolute atomic E-state index is 0.308. The van der Waals surface area contributed by atoms with Crippen molar-refractivity contribution in [1.29, 1.82) is 0 Å². The summed E-state index contributed by atoms with van der Waals surface area (Å²) in [5.74, 6) is 0.751. The van der Waals surface area contributed by atoms with Gasteiger partial charge in [-0.25, -0.2) is 0 Å². The lowest BCUT2D eigenvalue weighted by molar-refractivity contribution is 0.273. The van der Waals surface area contributed by atoms with Gasteiger partial charge in [0.05, 0.1) is 0 Å². The maximum absolute atomic E-state index is 6.37. The van der Waals surface area contributed by atoms with Crippen molar-refractivity contribution in [3.05, 3.63) is 41.6 Å². The Kier molecular flexibility index (Phi) is 6.17. The molecule has 0 bridgehead atoms. The maximum atomic E-state index is 6.37. The highest BCUT2D eigenvalue weighted by Crippen LogP contribution is 2.60. The monoisotopic (exact) mass is 388 g/mol. The van der Waals surface area contributed by atoms with Gasteiger partial charge in [-0.3, -0.25) is 0 Å². The predicted molar refractivity (Wildman–Crippen MR) is 121 cm³/mol. The van der Waals surface area contributed by atoms with E-state index in [0.29, 0.717) is 10.5 Å². The van der Waals surface area contributed by atoms with Crippen LogP contribution in [0.25, 0.3) is 0 Å². The number of hydrogen-bond acceptors (Lipinski definition) is 1. The molecule has 1 saturated carbocycles. The fourth-order valence-electron chi connectivity index (χ4n) is 3.65. The molecule has 1 aromatic carbocycles. The molecule has 0 radical (unpaired) electrons. The van der Waals surface area contributed by atoms with E-state index in [2.05, 4.69) is 96.8 Å². The zero-order chi connectivity index (χ0) is 19.8. The Morgan fingerprint density at radius 3 is 2.15 bits per heavy atom. The van der Waals surface area contributed by atoms with E-state index in [-0.39, 0.29) is 0 Å². The molecule has 1 aliphatic rings. The second-order valence-corrected chi connectivity index (χ2v) is 19.8. The summed E-state index contributed by atoms with van der Waals surface area (Å²) < 4.78 is 6.37. The van der Waals surface area contributed by atoms with Gasteiger partial charge >= 0.3 is 0 Å². The van der Waals surface area contributed by atoms with Crippen LogP contribution in [-0.2, 0) is 4.43 Å². The zero-order valence-electron chi connectivity index (χ0n) is 18.6. The van der Waals surface area contributed by atoms with E-state index < -0.39 is 16.4 Å². The SMILES string of the molecule is CC1(C)/C(=C/[Si](C)(C)c2ccccc2)C1CCCO[Si](C)(C)C(C)(C)C. The Morgan fingerprint density at radius 1 is 1.04 bits per heavy atom. The highest BCUT2D eigenvalue weighted by atomic mass is 28.4. The van der Waals surface area contributed by atoms with Gasteiger partial charge in [0.15, 0.2) is 8.32 Å². The van der Waals surface area contributed by atoms with E-state index in [4.69, 9.17) is 4.43 Å². The first-order chi connectivity index (χ1) is 11.8. The number of allylic oxidation sites excluding steroid dienone is 1. The lowest BCUT2D eigenvalue weighted by Crippen LogP contribution is -2.40. The summed E-state index contributed by atoms with van der Waals surface area (Å²) in [6, 6.07) is 11.1. The molecular formula is C23H40OSi2. The van der Waals surface area contributed by atoms with Gasteiger partial charge in [-0.1, -0.05) is 94.5 Å². The van der Waals surface area contributed by atoms with E-state index in [1.165, 1.54) is 18.0 Å². The number of benzene rings is 1. The maximum Gasteiger partial charge on any atom is 0.191 e. The van der Waals surface area contributed by atoms with Crippen molar-refractivity contribution >= 4 is 21.6 Å². The van der Waals surface area contributed by atoms with Gasteiger partial charge in [-0.2, -0.15) is 0 Å². The largest absolute Gasteiger partial charge is 0.417 e. The van der Waals surface area contributed by atoms with Crippen molar-refractivity contribution < 1.29 is 4.43 Å². The van der Waals surface area contributed by atoms with Crippen LogP contribution in [0.5, 0.6) is 0 Å². The average Bonchev–Trinajstić information content (AvgIpc) is 3.02. The van der Waals surface area contributed by atoms with Crippen molar-refractivity contribution in [2.75, 3.05) is 6.61 Å². The molecule has 0 spiro atoms. The second-order valence-electron chi connectivity index (χ2n) is 10.7. The smallest absolute Gasteiger partial charge is 0.191 e. The van der Waals surface area contributed by atoms with Gasteiger partial charge < -0.3 is 4.43 Å². The summed E-state index contributed by atoms with van der Waals surface area (Å²) in [6.45, 7) is 22.4. The molecule has 26 heavy (non-hydrogen) atoms. The molecule has 0 heterocycles. The molecule has 146 valence electrons. The van der Waals surface area contributed by atoms with E-state index >= 15 is 0 Å². The van der Waals surface area contributed by atoms with Crippen LogP contribution in [0.15, 0.2) is 41.6 Å². The standard InChI is InChI=1S/C23H40OSi2/c1-22(2,3)26(8,9)24-17-13-16-20-21(23(20,4)5)18-25(6,7)19-14-11-10-12-15-19/h10-12,14-15,18,20H,13,16-17H2,1-9H3/b21-18+. The molecule has 1 aromatic rings. The van der Waals surface area contributed by atoms with Crippen molar-refractivity contribution in [3.63, 3.8) is 0 Å². The molecular weight excluding hydrogens is 348 g/mol. The van der Waals surface area contributed by atoms with E-state index in [0.717, 1.165) is 12.5 Å². The van der Waals surface area contributed by atoms with E-state index in [1.807, 2.05) is 0 Å². The normalized spacial score (nSPS) is 21.9. The Bertz CT molecular complexity index is 636. The first kappa shape index (κ1) is 21.7. The summed E-state index contributed by atoms with van der Waals surface area (Å²) in [5, 5.41) is 1.84. The van der Waals surface area contributed by atoms with Crippen molar-refractivity contribution in [2.45, 2.75) is 78.7 Å². The topological polar surface area (TPSA) is 9.23 Å². The van der Waals surface area contributed by atoms with Crippen LogP contribution in [0.2, 0.25) is 31.2 Å². The molecule has 2 rings (SSSR count). The molecule has 1 nitrogen and oxygen atoms in total. The van der Waals surface area contributed by atoms with Crippen LogP contribution in [0.1, 0.15) is 47.5 Å². The van der Waals surface area contributed by atoms with E-state index in [1.54, 1.807) is 5.57 Å². The molecule has 1 fully saturated rings. The van der Waals surface area contributed by atoms with Crippen molar-refractivity contribution in [2.24, 2.45) is 11.3 Å². The van der Waals surface area contributed by atoms with Crippen LogP contribution in [0, 0.1) is 11.3 Å². The Hall–Kier alpha value is -0.646. The lowest BCUT2D eigenvalue weighted by atomic mass is 10.1. The van der Waals surface area contributed by atoms with Gasteiger partial charge in [-0.15, -0.1) is 0 Å². The van der Waals surface area contributed by atoms with Crippen LogP contribution < -0.4 is 5.19 Å². The van der Waals surface area contributed by atoms with Gasteiger partial charge in [-0.05, 0) is 42.3 Å². The molecule has 3 heteroatoms. The summed E-state index contributed by atoms with van der Waals surface area (Å²) in [5.41, 5.74) is 4.75. The minimum atomic E-state index is -1.60. The third-order valence-electron chi connectivity index (χ3n) is 6.85. The fourth-order valence-corrected chi connectivity index (χ4v) is 7.31. The number of rotatable bonds is 7. The first-order valence-corrected chi connectivity index (χ1v) is 16.2.